The molecule has 1 heterocycles. The molecule has 0 spiro atoms. The van der Waals surface area contributed by atoms with E-state index in [0.717, 1.165) is 12.6 Å². The first kappa shape index (κ1) is 13.3. The fourth-order valence-electron chi connectivity index (χ4n) is 3.55. The summed E-state index contributed by atoms with van der Waals surface area (Å²) >= 11 is 0. The maximum atomic E-state index is 3.35. The minimum atomic E-state index is 0.308. The van der Waals surface area contributed by atoms with E-state index in [1.165, 1.54) is 38.8 Å². The standard InChI is InChI=1S/C14H29N3/c1-14(2)11-17(12-7-5-6-8-12)10-13(9-15-3)16(14)4/h12-13,15H,5-11H2,1-4H3. The van der Waals surface area contributed by atoms with Crippen LogP contribution in [0, 0.1) is 0 Å². The van der Waals surface area contributed by atoms with Crippen molar-refractivity contribution in [2.75, 3.05) is 33.7 Å². The lowest BCUT2D eigenvalue weighted by molar-refractivity contribution is -0.0226. The summed E-state index contributed by atoms with van der Waals surface area (Å²) < 4.78 is 0. The van der Waals surface area contributed by atoms with Gasteiger partial charge in [0.1, 0.15) is 0 Å². The smallest absolute Gasteiger partial charge is 0.0350 e. The average molecular weight is 239 g/mol. The lowest BCUT2D eigenvalue weighted by atomic mass is 9.94. The minimum Gasteiger partial charge on any atom is -0.318 e. The number of likely N-dealkylation sites (N-methyl/N-ethyl adjacent to an activating group) is 2. The molecule has 0 bridgehead atoms. The molecule has 1 unspecified atom stereocenters. The van der Waals surface area contributed by atoms with Crippen molar-refractivity contribution >= 4 is 0 Å². The van der Waals surface area contributed by atoms with Gasteiger partial charge in [-0.1, -0.05) is 12.8 Å². The molecule has 1 saturated heterocycles. The number of nitrogens with zero attached hydrogens (tertiary/aromatic N) is 2. The van der Waals surface area contributed by atoms with Gasteiger partial charge in [0.15, 0.2) is 0 Å². The molecule has 1 atom stereocenters. The van der Waals surface area contributed by atoms with Gasteiger partial charge in [-0.2, -0.15) is 0 Å². The molecule has 1 saturated carbocycles. The normalized spacial score (nSPS) is 32.1. The van der Waals surface area contributed by atoms with E-state index in [4.69, 9.17) is 0 Å². The number of hydrogen-bond acceptors (Lipinski definition) is 3. The summed E-state index contributed by atoms with van der Waals surface area (Å²) in [6.07, 6.45) is 5.72. The van der Waals surface area contributed by atoms with Crippen molar-refractivity contribution in [1.29, 1.82) is 0 Å². The van der Waals surface area contributed by atoms with Gasteiger partial charge >= 0.3 is 0 Å². The van der Waals surface area contributed by atoms with Gasteiger partial charge in [0.25, 0.3) is 0 Å². The Morgan fingerprint density at radius 2 is 1.88 bits per heavy atom. The second-order valence-electron chi connectivity index (χ2n) is 6.50. The Morgan fingerprint density at radius 3 is 2.47 bits per heavy atom. The number of hydrogen-bond donors (Lipinski definition) is 1. The van der Waals surface area contributed by atoms with E-state index in [1.807, 2.05) is 0 Å². The van der Waals surface area contributed by atoms with Crippen LogP contribution < -0.4 is 5.32 Å². The zero-order valence-corrected chi connectivity index (χ0v) is 12.0. The van der Waals surface area contributed by atoms with Crippen LogP contribution in [0.2, 0.25) is 0 Å². The van der Waals surface area contributed by atoms with Crippen molar-refractivity contribution in [3.05, 3.63) is 0 Å². The van der Waals surface area contributed by atoms with Gasteiger partial charge in [0, 0.05) is 37.3 Å². The molecular weight excluding hydrogens is 210 g/mol. The lowest BCUT2D eigenvalue weighted by Crippen LogP contribution is -2.65. The summed E-state index contributed by atoms with van der Waals surface area (Å²) in [5, 5.41) is 3.35. The van der Waals surface area contributed by atoms with Crippen LogP contribution in [-0.4, -0.2) is 61.2 Å². The van der Waals surface area contributed by atoms with Crippen molar-refractivity contribution < 1.29 is 0 Å². The minimum absolute atomic E-state index is 0.308. The second-order valence-corrected chi connectivity index (χ2v) is 6.50. The van der Waals surface area contributed by atoms with E-state index < -0.39 is 0 Å². The molecule has 1 aliphatic carbocycles. The molecule has 2 rings (SSSR count). The summed E-state index contributed by atoms with van der Waals surface area (Å²) in [7, 11) is 4.35. The van der Waals surface area contributed by atoms with Gasteiger partial charge in [-0.05, 0) is 40.8 Å². The largest absolute Gasteiger partial charge is 0.318 e. The van der Waals surface area contributed by atoms with Crippen molar-refractivity contribution in [3.8, 4) is 0 Å². The molecule has 0 aromatic heterocycles. The SMILES string of the molecule is CNCC1CN(C2CCCC2)CC(C)(C)N1C. The molecule has 0 aromatic rings. The van der Waals surface area contributed by atoms with Crippen LogP contribution in [0.3, 0.4) is 0 Å². The fourth-order valence-corrected chi connectivity index (χ4v) is 3.55. The van der Waals surface area contributed by atoms with E-state index in [-0.39, 0.29) is 0 Å². The molecule has 17 heavy (non-hydrogen) atoms. The highest BCUT2D eigenvalue weighted by Crippen LogP contribution is 2.30. The summed E-state index contributed by atoms with van der Waals surface area (Å²) in [6, 6.07) is 1.52. The van der Waals surface area contributed by atoms with Gasteiger partial charge < -0.3 is 5.32 Å². The molecule has 0 radical (unpaired) electrons. The van der Waals surface area contributed by atoms with Crippen molar-refractivity contribution in [3.63, 3.8) is 0 Å². The van der Waals surface area contributed by atoms with Crippen LogP contribution in [0.1, 0.15) is 39.5 Å². The molecule has 2 aliphatic rings. The summed E-state index contributed by atoms with van der Waals surface area (Å²) in [6.45, 7) is 8.34. The topological polar surface area (TPSA) is 18.5 Å². The Balaban J connectivity index is 2.04. The van der Waals surface area contributed by atoms with E-state index in [9.17, 15) is 0 Å². The second kappa shape index (κ2) is 5.25. The predicted molar refractivity (Wildman–Crippen MR) is 73.4 cm³/mol. The predicted octanol–water partition coefficient (Wildman–Crippen LogP) is 1.54. The first-order valence-corrected chi connectivity index (χ1v) is 7.16. The summed E-state index contributed by atoms with van der Waals surface area (Å²) in [5.74, 6) is 0. The Labute approximate surface area is 107 Å². The Hall–Kier alpha value is -0.120. The van der Waals surface area contributed by atoms with Gasteiger partial charge in [-0.25, -0.2) is 0 Å². The van der Waals surface area contributed by atoms with Crippen LogP contribution in [0.5, 0.6) is 0 Å². The quantitative estimate of drug-likeness (QED) is 0.806. The third-order valence-electron chi connectivity index (χ3n) is 4.82. The Morgan fingerprint density at radius 1 is 1.24 bits per heavy atom. The van der Waals surface area contributed by atoms with Crippen molar-refractivity contribution in [2.45, 2.75) is 57.2 Å². The van der Waals surface area contributed by atoms with Gasteiger partial charge in [-0.3, -0.25) is 9.80 Å². The average Bonchev–Trinajstić information content (AvgIpc) is 2.78. The Bertz CT molecular complexity index is 246. The highest BCUT2D eigenvalue weighted by Gasteiger charge is 2.39. The number of nitrogens with one attached hydrogen (secondary N) is 1. The maximum Gasteiger partial charge on any atom is 0.0350 e. The number of rotatable bonds is 3. The highest BCUT2D eigenvalue weighted by atomic mass is 15.3. The molecule has 0 aromatic carbocycles. The van der Waals surface area contributed by atoms with Crippen LogP contribution in [-0.2, 0) is 0 Å². The van der Waals surface area contributed by atoms with Crippen LogP contribution in [0.15, 0.2) is 0 Å². The zero-order valence-electron chi connectivity index (χ0n) is 12.0. The van der Waals surface area contributed by atoms with E-state index >= 15 is 0 Å². The van der Waals surface area contributed by atoms with Crippen molar-refractivity contribution in [2.24, 2.45) is 0 Å². The van der Waals surface area contributed by atoms with Crippen LogP contribution >= 0.6 is 0 Å². The molecule has 3 nitrogen and oxygen atoms in total. The molecular formula is C14H29N3. The third-order valence-corrected chi connectivity index (χ3v) is 4.82. The van der Waals surface area contributed by atoms with E-state index in [1.54, 1.807) is 0 Å². The molecule has 0 amide bonds. The first-order valence-electron chi connectivity index (χ1n) is 7.16. The van der Waals surface area contributed by atoms with Crippen molar-refractivity contribution in [1.82, 2.24) is 15.1 Å². The van der Waals surface area contributed by atoms with Crippen LogP contribution in [0.4, 0.5) is 0 Å². The number of piperazine rings is 1. The highest BCUT2D eigenvalue weighted by molar-refractivity contribution is 4.97. The van der Waals surface area contributed by atoms with E-state index in [2.05, 4.69) is 43.1 Å². The molecule has 1 aliphatic heterocycles. The van der Waals surface area contributed by atoms with E-state index in [0.29, 0.717) is 11.6 Å². The summed E-state index contributed by atoms with van der Waals surface area (Å²) in [5.41, 5.74) is 0.308. The first-order chi connectivity index (χ1) is 8.04. The molecule has 1 N–H and O–H groups in total. The molecule has 2 fully saturated rings. The fraction of sp³-hybridized carbons (Fsp3) is 1.00. The van der Waals surface area contributed by atoms with Gasteiger partial charge in [0.05, 0.1) is 0 Å². The lowest BCUT2D eigenvalue weighted by Gasteiger charge is -2.52. The van der Waals surface area contributed by atoms with Gasteiger partial charge in [0.2, 0.25) is 0 Å². The zero-order chi connectivity index (χ0) is 12.5. The monoisotopic (exact) mass is 239 g/mol. The Kier molecular flexibility index (Phi) is 4.11. The van der Waals surface area contributed by atoms with Gasteiger partial charge in [-0.15, -0.1) is 0 Å². The molecule has 100 valence electrons. The maximum absolute atomic E-state index is 3.35. The summed E-state index contributed by atoms with van der Waals surface area (Å²) in [4.78, 5) is 5.32. The molecule has 3 heteroatoms. The third kappa shape index (κ3) is 2.83. The van der Waals surface area contributed by atoms with Crippen LogP contribution in [0.25, 0.3) is 0 Å².